The van der Waals surface area contributed by atoms with Crippen LogP contribution in [0.3, 0.4) is 0 Å². The summed E-state index contributed by atoms with van der Waals surface area (Å²) in [6, 6.07) is 0. The molecular weight excluding hydrogens is 176 g/mol. The molecule has 0 aliphatic heterocycles. The van der Waals surface area contributed by atoms with Crippen molar-refractivity contribution in [3.8, 4) is 0 Å². The average molecular weight is 188 g/mol. The fourth-order valence-corrected chi connectivity index (χ4v) is 0.477. The minimum absolute atomic E-state index is 0.105. The van der Waals surface area contributed by atoms with Gasteiger partial charge in [0, 0.05) is 6.92 Å². The van der Waals surface area contributed by atoms with Crippen LogP contribution in [0.1, 0.15) is 6.92 Å². The number of hydrogen-bond donors (Lipinski definition) is 0. The van der Waals surface area contributed by atoms with Gasteiger partial charge >= 0.3 is 12.1 Å². The largest absolute Gasteiger partial charge is 0.508 e. The number of carbonyl (C=O) groups is 2. The molecule has 0 fully saturated rings. The predicted octanol–water partition coefficient (Wildman–Crippen LogP) is 0.889. The maximum Gasteiger partial charge on any atom is 0.508 e. The Labute approximate surface area is 76.3 Å². The molecule has 0 spiro atoms. The van der Waals surface area contributed by atoms with E-state index < -0.39 is 6.16 Å². The number of carbonyl (C=O) groups excluding carboxylic acids is 2. The highest BCUT2D eigenvalue weighted by Crippen LogP contribution is 1.84. The summed E-state index contributed by atoms with van der Waals surface area (Å²) in [5.41, 5.74) is 0. The van der Waals surface area contributed by atoms with Crippen LogP contribution in [0.5, 0.6) is 0 Å². The molecule has 0 aromatic carbocycles. The van der Waals surface area contributed by atoms with Gasteiger partial charge < -0.3 is 14.2 Å². The molecule has 13 heavy (non-hydrogen) atoms. The van der Waals surface area contributed by atoms with Crippen molar-refractivity contribution in [1.29, 1.82) is 0 Å². The second-order valence-corrected chi connectivity index (χ2v) is 2.04. The Morgan fingerprint density at radius 2 is 1.69 bits per heavy atom. The minimum atomic E-state index is -0.739. The number of ether oxygens (including phenoxy) is 3. The number of methoxy groups -OCH3 is 1. The minimum Gasteiger partial charge on any atom is -0.462 e. The molecule has 0 atom stereocenters. The van der Waals surface area contributed by atoms with Crippen molar-refractivity contribution in [2.24, 2.45) is 0 Å². The number of rotatable bonds is 4. The summed E-state index contributed by atoms with van der Waals surface area (Å²) in [6.07, 6.45) is 2.39. The molecule has 0 radical (unpaired) electrons. The van der Waals surface area contributed by atoms with Gasteiger partial charge in [-0.25, -0.2) is 4.79 Å². The molecule has 0 bridgehead atoms. The Kier molecular flexibility index (Phi) is 6.31. The van der Waals surface area contributed by atoms with Crippen LogP contribution >= 0.6 is 0 Å². The quantitative estimate of drug-likeness (QED) is 0.484. The Hall–Kier alpha value is -1.52. The summed E-state index contributed by atoms with van der Waals surface area (Å²) < 4.78 is 13.3. The van der Waals surface area contributed by atoms with Gasteiger partial charge in [0.1, 0.15) is 13.2 Å². The molecule has 0 saturated carbocycles. The Balaban J connectivity index is 3.31. The van der Waals surface area contributed by atoms with Crippen LogP contribution in [0, 0.1) is 0 Å². The first-order valence-electron chi connectivity index (χ1n) is 3.66. The summed E-state index contributed by atoms with van der Waals surface area (Å²) >= 11 is 0. The summed E-state index contributed by atoms with van der Waals surface area (Å²) in [7, 11) is 1.23. The van der Waals surface area contributed by atoms with E-state index in [0.29, 0.717) is 0 Å². The molecule has 0 rings (SSSR count). The molecule has 5 nitrogen and oxygen atoms in total. The van der Waals surface area contributed by atoms with E-state index >= 15 is 0 Å². The van der Waals surface area contributed by atoms with E-state index in [-0.39, 0.29) is 19.2 Å². The first-order chi connectivity index (χ1) is 6.16. The first kappa shape index (κ1) is 11.5. The predicted molar refractivity (Wildman–Crippen MR) is 44.1 cm³/mol. The van der Waals surface area contributed by atoms with E-state index in [2.05, 4.69) is 14.2 Å². The summed E-state index contributed by atoms with van der Waals surface area (Å²) in [5.74, 6) is -0.349. The lowest BCUT2D eigenvalue weighted by Crippen LogP contribution is -2.04. The topological polar surface area (TPSA) is 61.8 Å². The van der Waals surface area contributed by atoms with Gasteiger partial charge in [-0.3, -0.25) is 4.79 Å². The van der Waals surface area contributed by atoms with Gasteiger partial charge in [-0.1, -0.05) is 0 Å². The van der Waals surface area contributed by atoms with Crippen LogP contribution in [0.2, 0.25) is 0 Å². The molecule has 0 amide bonds. The van der Waals surface area contributed by atoms with Crippen LogP contribution < -0.4 is 0 Å². The van der Waals surface area contributed by atoms with Gasteiger partial charge in [-0.05, 0) is 12.2 Å². The maximum atomic E-state index is 10.4. The summed E-state index contributed by atoms with van der Waals surface area (Å²) in [5, 5.41) is 0. The highest BCUT2D eigenvalue weighted by atomic mass is 16.7. The Bertz CT molecular complexity index is 197. The Morgan fingerprint density at radius 1 is 1.15 bits per heavy atom. The smallest absolute Gasteiger partial charge is 0.462 e. The van der Waals surface area contributed by atoms with E-state index in [1.807, 2.05) is 0 Å². The molecule has 0 unspecified atom stereocenters. The third-order valence-electron chi connectivity index (χ3n) is 1.01. The lowest BCUT2D eigenvalue weighted by Gasteiger charge is -1.98. The lowest BCUT2D eigenvalue weighted by atomic mass is 10.5. The monoisotopic (exact) mass is 188 g/mol. The van der Waals surface area contributed by atoms with Gasteiger partial charge in [-0.15, -0.1) is 0 Å². The van der Waals surface area contributed by atoms with Crippen molar-refractivity contribution >= 4 is 12.1 Å². The highest BCUT2D eigenvalue weighted by Gasteiger charge is 1.95. The van der Waals surface area contributed by atoms with Crippen LogP contribution in [0.15, 0.2) is 12.2 Å². The molecule has 0 aliphatic rings. The van der Waals surface area contributed by atoms with Crippen molar-refractivity contribution in [2.75, 3.05) is 20.3 Å². The zero-order chi connectivity index (χ0) is 10.1. The molecule has 0 aromatic heterocycles. The van der Waals surface area contributed by atoms with E-state index in [9.17, 15) is 9.59 Å². The van der Waals surface area contributed by atoms with E-state index in [4.69, 9.17) is 0 Å². The Morgan fingerprint density at radius 3 is 2.15 bits per heavy atom. The highest BCUT2D eigenvalue weighted by molar-refractivity contribution is 5.66. The van der Waals surface area contributed by atoms with Crippen LogP contribution in [-0.4, -0.2) is 32.4 Å². The molecule has 74 valence electrons. The van der Waals surface area contributed by atoms with Crippen LogP contribution in [0.4, 0.5) is 4.79 Å². The number of hydrogen-bond acceptors (Lipinski definition) is 5. The van der Waals surface area contributed by atoms with Crippen molar-refractivity contribution in [3.05, 3.63) is 12.2 Å². The van der Waals surface area contributed by atoms with E-state index in [1.54, 1.807) is 12.2 Å². The average Bonchev–Trinajstić information content (AvgIpc) is 2.10. The van der Waals surface area contributed by atoms with Crippen LogP contribution in [-0.2, 0) is 19.0 Å². The van der Waals surface area contributed by atoms with Gasteiger partial charge in [-0.2, -0.15) is 0 Å². The third-order valence-corrected chi connectivity index (χ3v) is 1.01. The molecule has 0 aliphatic carbocycles. The second kappa shape index (κ2) is 7.15. The maximum absolute atomic E-state index is 10.4. The molecule has 5 heteroatoms. The molecular formula is C8H12O5. The summed E-state index contributed by atoms with van der Waals surface area (Å²) in [4.78, 5) is 20.7. The van der Waals surface area contributed by atoms with Gasteiger partial charge in [0.15, 0.2) is 0 Å². The summed E-state index contributed by atoms with van der Waals surface area (Å²) in [6.45, 7) is 1.60. The van der Waals surface area contributed by atoms with Crippen molar-refractivity contribution in [3.63, 3.8) is 0 Å². The fraction of sp³-hybridized carbons (Fsp3) is 0.500. The van der Waals surface area contributed by atoms with Crippen LogP contribution in [0.25, 0.3) is 0 Å². The SMILES string of the molecule is COC(=O)OCC=CCOC(C)=O. The molecule has 0 aromatic rings. The van der Waals surface area contributed by atoms with Gasteiger partial charge in [0.25, 0.3) is 0 Å². The van der Waals surface area contributed by atoms with E-state index in [0.717, 1.165) is 0 Å². The first-order valence-corrected chi connectivity index (χ1v) is 3.66. The molecule has 0 N–H and O–H groups in total. The third kappa shape index (κ3) is 8.39. The van der Waals surface area contributed by atoms with E-state index in [1.165, 1.54) is 14.0 Å². The normalized spacial score (nSPS) is 9.69. The van der Waals surface area contributed by atoms with Gasteiger partial charge in [0.2, 0.25) is 0 Å². The van der Waals surface area contributed by atoms with Crippen molar-refractivity contribution in [2.45, 2.75) is 6.92 Å². The zero-order valence-corrected chi connectivity index (χ0v) is 7.61. The zero-order valence-electron chi connectivity index (χ0n) is 7.61. The molecule has 0 saturated heterocycles. The van der Waals surface area contributed by atoms with Crippen molar-refractivity contribution in [1.82, 2.24) is 0 Å². The van der Waals surface area contributed by atoms with Gasteiger partial charge in [0.05, 0.1) is 7.11 Å². The molecule has 0 heterocycles. The standard InChI is InChI=1S/C8H12O5/c1-7(9)12-5-3-4-6-13-8(10)11-2/h3-4H,5-6H2,1-2H3. The number of esters is 1. The van der Waals surface area contributed by atoms with Crippen molar-refractivity contribution < 1.29 is 23.8 Å². The lowest BCUT2D eigenvalue weighted by molar-refractivity contribution is -0.139. The fourth-order valence-electron chi connectivity index (χ4n) is 0.477. The second-order valence-electron chi connectivity index (χ2n) is 2.04.